The lowest BCUT2D eigenvalue weighted by molar-refractivity contribution is 0.102. The molecule has 0 spiro atoms. The van der Waals surface area contributed by atoms with Gasteiger partial charge in [-0.1, -0.05) is 19.1 Å². The number of amides is 1. The zero-order chi connectivity index (χ0) is 22.6. The fraction of sp³-hybridized carbons (Fsp3) is 0.500. The molecule has 2 fully saturated rings. The number of thioether (sulfide) groups is 1. The van der Waals surface area contributed by atoms with Crippen LogP contribution in [0.3, 0.4) is 0 Å². The largest absolute Gasteiger partial charge is 0.356 e. The van der Waals surface area contributed by atoms with Crippen LogP contribution in [0.1, 0.15) is 23.0 Å². The van der Waals surface area contributed by atoms with Crippen LogP contribution in [0.5, 0.6) is 0 Å². The van der Waals surface area contributed by atoms with Crippen molar-refractivity contribution in [2.45, 2.75) is 18.4 Å². The van der Waals surface area contributed by atoms with Crippen molar-refractivity contribution >= 4 is 33.4 Å². The van der Waals surface area contributed by atoms with Crippen LogP contribution in [0.4, 0.5) is 5.69 Å². The summed E-state index contributed by atoms with van der Waals surface area (Å²) < 4.78 is 27.0. The third-order valence-electron chi connectivity index (χ3n) is 6.04. The first kappa shape index (κ1) is 23.3. The molecule has 0 unspecified atom stereocenters. The number of benzene rings is 1. The van der Waals surface area contributed by atoms with E-state index in [1.165, 1.54) is 22.1 Å². The molecule has 2 aliphatic rings. The van der Waals surface area contributed by atoms with Crippen molar-refractivity contribution in [3.8, 4) is 0 Å². The van der Waals surface area contributed by atoms with Gasteiger partial charge in [-0.05, 0) is 30.3 Å². The van der Waals surface area contributed by atoms with Gasteiger partial charge >= 0.3 is 0 Å². The number of carbonyl (C=O) groups excluding carboxylic acids is 1. The number of carbonyl (C=O) groups is 1. The Morgan fingerprint density at radius 2 is 1.69 bits per heavy atom. The van der Waals surface area contributed by atoms with Crippen LogP contribution in [0.25, 0.3) is 0 Å². The Morgan fingerprint density at radius 3 is 2.34 bits per heavy atom. The number of aromatic nitrogens is 1. The summed E-state index contributed by atoms with van der Waals surface area (Å²) in [6.45, 7) is 9.56. The highest BCUT2D eigenvalue weighted by molar-refractivity contribution is 7.99. The van der Waals surface area contributed by atoms with E-state index in [1.54, 1.807) is 11.8 Å². The number of likely N-dealkylation sites (N-methyl/N-ethyl adjacent to an activating group) is 1. The van der Waals surface area contributed by atoms with Gasteiger partial charge in [-0.25, -0.2) is 8.42 Å². The van der Waals surface area contributed by atoms with Crippen molar-refractivity contribution in [1.82, 2.24) is 19.1 Å². The number of H-pyrrole nitrogens is 1. The summed E-state index contributed by atoms with van der Waals surface area (Å²) in [6.07, 6.45) is 1.40. The highest BCUT2D eigenvalue weighted by atomic mass is 32.2. The molecule has 0 radical (unpaired) electrons. The smallest absolute Gasteiger partial charge is 0.272 e. The zero-order valence-electron chi connectivity index (χ0n) is 18.4. The van der Waals surface area contributed by atoms with Gasteiger partial charge in [0.25, 0.3) is 5.91 Å². The molecule has 0 aliphatic carbocycles. The van der Waals surface area contributed by atoms with Gasteiger partial charge in [0.05, 0.1) is 0 Å². The quantitative estimate of drug-likeness (QED) is 0.635. The molecule has 32 heavy (non-hydrogen) atoms. The summed E-state index contributed by atoms with van der Waals surface area (Å²) in [5.74, 6) is 1.23. The summed E-state index contributed by atoms with van der Waals surface area (Å²) in [5.41, 5.74) is 2.12. The van der Waals surface area contributed by atoms with Crippen molar-refractivity contribution < 1.29 is 13.2 Å². The number of hydrogen-bond acceptors (Lipinski definition) is 6. The number of rotatable bonds is 7. The Balaban J connectivity index is 1.33. The van der Waals surface area contributed by atoms with Crippen LogP contribution < -0.4 is 5.32 Å². The van der Waals surface area contributed by atoms with Gasteiger partial charge in [-0.15, -0.1) is 0 Å². The molecular weight excluding hydrogens is 446 g/mol. The van der Waals surface area contributed by atoms with Gasteiger partial charge in [0.1, 0.15) is 10.6 Å². The molecule has 4 rings (SSSR count). The van der Waals surface area contributed by atoms with E-state index in [9.17, 15) is 13.2 Å². The van der Waals surface area contributed by atoms with Crippen LogP contribution in [-0.2, 0) is 16.6 Å². The van der Waals surface area contributed by atoms with Gasteiger partial charge in [0.15, 0.2) is 0 Å². The minimum atomic E-state index is -3.57. The van der Waals surface area contributed by atoms with Crippen molar-refractivity contribution in [3.05, 3.63) is 47.8 Å². The predicted octanol–water partition coefficient (Wildman–Crippen LogP) is 2.14. The molecule has 174 valence electrons. The molecule has 2 aliphatic heterocycles. The van der Waals surface area contributed by atoms with Gasteiger partial charge in [-0.3, -0.25) is 9.69 Å². The number of nitrogens with one attached hydrogen (secondary N) is 2. The molecular formula is C22H31N5O3S2. The number of piperazine rings is 1. The van der Waals surface area contributed by atoms with Crippen LogP contribution in [0, 0.1) is 0 Å². The number of sulfonamides is 1. The van der Waals surface area contributed by atoms with E-state index in [-0.39, 0.29) is 16.5 Å². The van der Waals surface area contributed by atoms with E-state index in [4.69, 9.17) is 0 Å². The molecule has 8 nitrogen and oxygen atoms in total. The number of hydrogen-bond donors (Lipinski definition) is 2. The topological polar surface area (TPSA) is 88.8 Å². The molecule has 0 saturated carbocycles. The first-order chi connectivity index (χ1) is 15.5. The molecule has 10 heteroatoms. The minimum absolute atomic E-state index is 0.132. The Morgan fingerprint density at radius 1 is 1.03 bits per heavy atom. The molecule has 1 aromatic heterocycles. The third-order valence-corrected chi connectivity index (χ3v) is 8.86. The van der Waals surface area contributed by atoms with Gasteiger partial charge in [0.2, 0.25) is 10.0 Å². The second kappa shape index (κ2) is 10.4. The Kier molecular flexibility index (Phi) is 7.57. The second-order valence-corrected chi connectivity index (χ2v) is 11.3. The molecule has 2 N–H and O–H groups in total. The molecule has 2 aromatic rings. The van der Waals surface area contributed by atoms with E-state index in [0.29, 0.717) is 18.8 Å². The lowest BCUT2D eigenvalue weighted by Crippen LogP contribution is -2.45. The molecule has 0 atom stereocenters. The Bertz CT molecular complexity index is 1010. The maximum atomic E-state index is 12.8. The minimum Gasteiger partial charge on any atom is -0.356 e. The van der Waals surface area contributed by atoms with Crippen LogP contribution in [0.15, 0.2) is 41.4 Å². The number of anilines is 1. The highest BCUT2D eigenvalue weighted by Gasteiger charge is 2.27. The van der Waals surface area contributed by atoms with Crippen LogP contribution in [0.2, 0.25) is 0 Å². The first-order valence-corrected chi connectivity index (χ1v) is 13.7. The fourth-order valence-corrected chi connectivity index (χ4v) is 6.57. The molecule has 0 bridgehead atoms. The summed E-state index contributed by atoms with van der Waals surface area (Å²) in [7, 11) is -3.57. The van der Waals surface area contributed by atoms with E-state index in [2.05, 4.69) is 27.0 Å². The SMILES string of the molecule is CCN1CCN(Cc2ccc(NC(=O)c3cc(S(=O)(=O)N4CCSCC4)c[nH]3)cc2)CC1. The third kappa shape index (κ3) is 5.55. The maximum Gasteiger partial charge on any atom is 0.272 e. The second-order valence-electron chi connectivity index (χ2n) is 8.13. The van der Waals surface area contributed by atoms with Gasteiger partial charge in [-0.2, -0.15) is 16.1 Å². The van der Waals surface area contributed by atoms with Crippen molar-refractivity contribution in [3.63, 3.8) is 0 Å². The Hall–Kier alpha value is -1.85. The summed E-state index contributed by atoms with van der Waals surface area (Å²) in [5, 5.41) is 2.84. The van der Waals surface area contributed by atoms with Crippen molar-refractivity contribution in [2.75, 3.05) is 62.6 Å². The monoisotopic (exact) mass is 477 g/mol. The van der Waals surface area contributed by atoms with Crippen molar-refractivity contribution in [2.24, 2.45) is 0 Å². The van der Waals surface area contributed by atoms with Crippen LogP contribution >= 0.6 is 11.8 Å². The number of nitrogens with zero attached hydrogens (tertiary/aromatic N) is 3. The van der Waals surface area contributed by atoms with E-state index in [1.807, 2.05) is 24.3 Å². The first-order valence-electron chi connectivity index (χ1n) is 11.1. The van der Waals surface area contributed by atoms with Crippen LogP contribution in [-0.4, -0.2) is 90.7 Å². The maximum absolute atomic E-state index is 12.8. The van der Waals surface area contributed by atoms with Crippen molar-refractivity contribution in [1.29, 1.82) is 0 Å². The van der Waals surface area contributed by atoms with E-state index >= 15 is 0 Å². The average molecular weight is 478 g/mol. The van der Waals surface area contributed by atoms with E-state index in [0.717, 1.165) is 50.8 Å². The predicted molar refractivity (Wildman–Crippen MR) is 129 cm³/mol. The van der Waals surface area contributed by atoms with Gasteiger partial charge < -0.3 is 15.2 Å². The standard InChI is InChI=1S/C22H31N5O3S2/c1-2-25-7-9-26(10-8-25)17-18-3-5-19(6-4-18)24-22(28)21-15-20(16-23-21)32(29,30)27-11-13-31-14-12-27/h3-6,15-16,23H,2,7-14,17H2,1H3,(H,24,28). The normalized spacial score (nSPS) is 19.2. The van der Waals surface area contributed by atoms with Gasteiger partial charge in [0, 0.05) is 69.2 Å². The molecule has 1 aromatic carbocycles. The average Bonchev–Trinajstić information content (AvgIpc) is 3.33. The summed E-state index contributed by atoms with van der Waals surface area (Å²) in [4.78, 5) is 20.5. The molecule has 3 heterocycles. The lowest BCUT2D eigenvalue weighted by Gasteiger charge is -2.34. The highest BCUT2D eigenvalue weighted by Crippen LogP contribution is 2.21. The fourth-order valence-electron chi connectivity index (χ4n) is 4.00. The summed E-state index contributed by atoms with van der Waals surface area (Å²) in [6, 6.07) is 9.25. The molecule has 2 saturated heterocycles. The number of aromatic amines is 1. The lowest BCUT2D eigenvalue weighted by atomic mass is 10.1. The van der Waals surface area contributed by atoms with E-state index < -0.39 is 10.0 Å². The zero-order valence-corrected chi connectivity index (χ0v) is 20.1. The molecule has 1 amide bonds. The summed E-state index contributed by atoms with van der Waals surface area (Å²) >= 11 is 1.75. The Labute approximate surface area is 194 Å².